The van der Waals surface area contributed by atoms with Crippen LogP contribution in [-0.2, 0) is 17.1 Å². The molecule has 0 atom stereocenters. The fourth-order valence-corrected chi connectivity index (χ4v) is 1.95. The molecule has 19 heavy (non-hydrogen) atoms. The number of unbranched alkanes of at least 4 members (excludes halogenated alkanes) is 1. The maximum absolute atomic E-state index is 12.0. The molecule has 4 nitrogen and oxygen atoms in total. The molecule has 0 aliphatic rings. The van der Waals surface area contributed by atoms with Crippen molar-refractivity contribution in [3.63, 3.8) is 0 Å². The lowest BCUT2D eigenvalue weighted by molar-refractivity contribution is -0.118. The van der Waals surface area contributed by atoms with Crippen LogP contribution in [0.5, 0.6) is 0 Å². The van der Waals surface area contributed by atoms with Crippen molar-refractivity contribution >= 4 is 17.7 Å². The summed E-state index contributed by atoms with van der Waals surface area (Å²) >= 11 is 0.544. The number of carbonyl (C=O) groups is 1. The monoisotopic (exact) mass is 292 g/mol. The van der Waals surface area contributed by atoms with Crippen molar-refractivity contribution in [3.8, 4) is 0 Å². The molecule has 0 aromatic carbocycles. The fourth-order valence-electron chi connectivity index (χ4n) is 1.50. The number of nitrogens with one attached hydrogen (secondary N) is 1. The van der Waals surface area contributed by atoms with E-state index in [0.717, 1.165) is 25.1 Å². The first-order valence-electron chi connectivity index (χ1n) is 6.04. The molecule has 0 fully saturated rings. The quantitative estimate of drug-likeness (QED) is 0.650. The minimum absolute atomic E-state index is 0.177. The van der Waals surface area contributed by atoms with Gasteiger partial charge in [0.05, 0.1) is 12.3 Å². The molecular formula is C12H18F2N2O2S. The number of carbonyl (C=O) groups excluding carboxylic acids is 1. The topological polar surface area (TPSA) is 68.3 Å². The molecule has 1 amide bonds. The Balaban J connectivity index is 2.11. The molecule has 0 bridgehead atoms. The summed E-state index contributed by atoms with van der Waals surface area (Å²) in [5.74, 6) is -1.21. The normalized spacial score (nSPS) is 11.1. The molecule has 0 saturated carbocycles. The number of thioether (sulfide) groups is 1. The lowest BCUT2D eigenvalue weighted by atomic mass is 10.2. The van der Waals surface area contributed by atoms with Crippen LogP contribution in [0.1, 0.15) is 30.8 Å². The largest absolute Gasteiger partial charge is 0.464 e. The summed E-state index contributed by atoms with van der Waals surface area (Å²) in [6.07, 6.45) is 2.02. The Morgan fingerprint density at radius 1 is 1.37 bits per heavy atom. The molecule has 0 aliphatic carbocycles. The molecule has 0 saturated heterocycles. The van der Waals surface area contributed by atoms with Gasteiger partial charge in [-0.3, -0.25) is 4.79 Å². The van der Waals surface area contributed by atoms with E-state index in [2.05, 4.69) is 5.32 Å². The van der Waals surface area contributed by atoms with Gasteiger partial charge >= 0.3 is 0 Å². The number of amides is 1. The van der Waals surface area contributed by atoms with E-state index in [0.29, 0.717) is 30.5 Å². The Morgan fingerprint density at radius 3 is 2.79 bits per heavy atom. The first-order chi connectivity index (χ1) is 9.08. The van der Waals surface area contributed by atoms with Crippen LogP contribution in [-0.4, -0.2) is 18.2 Å². The molecular weight excluding hydrogens is 274 g/mol. The number of furan rings is 1. The van der Waals surface area contributed by atoms with Crippen molar-refractivity contribution in [2.24, 2.45) is 5.73 Å². The second kappa shape index (κ2) is 8.92. The highest BCUT2D eigenvalue weighted by Gasteiger charge is 2.07. The molecule has 1 rings (SSSR count). The van der Waals surface area contributed by atoms with Gasteiger partial charge in [-0.25, -0.2) is 0 Å². The minimum Gasteiger partial charge on any atom is -0.464 e. The third-order valence-corrected chi connectivity index (χ3v) is 3.10. The van der Waals surface area contributed by atoms with E-state index in [9.17, 15) is 13.6 Å². The van der Waals surface area contributed by atoms with Crippen molar-refractivity contribution in [3.05, 3.63) is 23.7 Å². The summed E-state index contributed by atoms with van der Waals surface area (Å²) < 4.78 is 29.4. The van der Waals surface area contributed by atoms with Gasteiger partial charge < -0.3 is 15.5 Å². The average molecular weight is 292 g/mol. The van der Waals surface area contributed by atoms with Gasteiger partial charge in [-0.05, 0) is 31.5 Å². The molecule has 0 aliphatic heterocycles. The molecule has 1 aromatic rings. The van der Waals surface area contributed by atoms with E-state index in [1.54, 1.807) is 12.1 Å². The van der Waals surface area contributed by atoms with Crippen LogP contribution < -0.4 is 11.1 Å². The second-order valence-corrected chi connectivity index (χ2v) is 5.02. The van der Waals surface area contributed by atoms with E-state index in [1.807, 2.05) is 0 Å². The summed E-state index contributed by atoms with van der Waals surface area (Å²) in [4.78, 5) is 10.5. The van der Waals surface area contributed by atoms with Crippen molar-refractivity contribution in [2.75, 3.05) is 6.54 Å². The van der Waals surface area contributed by atoms with Gasteiger partial charge in [0.15, 0.2) is 0 Å². The molecule has 108 valence electrons. The Hall–Kier alpha value is -1.08. The zero-order valence-corrected chi connectivity index (χ0v) is 11.3. The lowest BCUT2D eigenvalue weighted by Gasteiger charge is -2.02. The van der Waals surface area contributed by atoms with Crippen LogP contribution in [0.4, 0.5) is 8.78 Å². The Labute approximate surface area is 115 Å². The van der Waals surface area contributed by atoms with Crippen LogP contribution in [0, 0.1) is 0 Å². The number of nitrogens with two attached hydrogens (primary N) is 1. The standard InChI is InChI=1S/C12H18F2N2O2S/c13-12(14)19-8-10-5-4-9(18-10)7-16-6-2-1-3-11(15)17/h4-5,12,16H,1-3,6-8H2,(H2,15,17). The summed E-state index contributed by atoms with van der Waals surface area (Å²) in [7, 11) is 0. The van der Waals surface area contributed by atoms with E-state index >= 15 is 0 Å². The van der Waals surface area contributed by atoms with Gasteiger partial charge in [-0.2, -0.15) is 8.78 Å². The third-order valence-electron chi connectivity index (χ3n) is 2.39. The van der Waals surface area contributed by atoms with Gasteiger partial charge in [0.25, 0.3) is 5.76 Å². The van der Waals surface area contributed by atoms with Crippen molar-refractivity contribution in [2.45, 2.75) is 37.3 Å². The molecule has 0 radical (unpaired) electrons. The predicted octanol–water partition coefficient (Wildman–Crippen LogP) is 2.48. The minimum atomic E-state index is -2.38. The maximum Gasteiger partial charge on any atom is 0.284 e. The zero-order valence-electron chi connectivity index (χ0n) is 10.5. The lowest BCUT2D eigenvalue weighted by Crippen LogP contribution is -2.15. The Morgan fingerprint density at radius 2 is 2.11 bits per heavy atom. The summed E-state index contributed by atoms with van der Waals surface area (Å²) in [6, 6.07) is 3.48. The van der Waals surface area contributed by atoms with Crippen LogP contribution in [0.3, 0.4) is 0 Å². The SMILES string of the molecule is NC(=O)CCCCNCc1ccc(CSC(F)F)o1. The van der Waals surface area contributed by atoms with Gasteiger partial charge in [0, 0.05) is 6.42 Å². The van der Waals surface area contributed by atoms with E-state index in [4.69, 9.17) is 10.2 Å². The Kier molecular flexibility index (Phi) is 7.50. The van der Waals surface area contributed by atoms with Crippen LogP contribution in [0.15, 0.2) is 16.5 Å². The summed E-state index contributed by atoms with van der Waals surface area (Å²) in [5, 5.41) is 3.15. The number of hydrogen-bond donors (Lipinski definition) is 2. The second-order valence-electron chi connectivity index (χ2n) is 4.04. The number of halogens is 2. The number of hydrogen-bond acceptors (Lipinski definition) is 4. The Bertz CT molecular complexity index is 386. The fraction of sp³-hybridized carbons (Fsp3) is 0.583. The molecule has 0 spiro atoms. The first kappa shape index (κ1) is 16.0. The molecule has 3 N–H and O–H groups in total. The predicted molar refractivity (Wildman–Crippen MR) is 70.8 cm³/mol. The molecule has 1 aromatic heterocycles. The van der Waals surface area contributed by atoms with E-state index in [-0.39, 0.29) is 11.7 Å². The third kappa shape index (κ3) is 7.84. The zero-order chi connectivity index (χ0) is 14.1. The molecule has 0 unspecified atom stereocenters. The smallest absolute Gasteiger partial charge is 0.284 e. The highest BCUT2D eigenvalue weighted by atomic mass is 32.2. The highest BCUT2D eigenvalue weighted by molar-refractivity contribution is 7.98. The van der Waals surface area contributed by atoms with E-state index in [1.165, 1.54) is 0 Å². The van der Waals surface area contributed by atoms with Crippen LogP contribution >= 0.6 is 11.8 Å². The van der Waals surface area contributed by atoms with Crippen LogP contribution in [0.25, 0.3) is 0 Å². The van der Waals surface area contributed by atoms with Gasteiger partial charge in [0.1, 0.15) is 11.5 Å². The first-order valence-corrected chi connectivity index (χ1v) is 7.09. The van der Waals surface area contributed by atoms with Crippen molar-refractivity contribution < 1.29 is 18.0 Å². The van der Waals surface area contributed by atoms with E-state index < -0.39 is 5.76 Å². The van der Waals surface area contributed by atoms with Gasteiger partial charge in [-0.1, -0.05) is 11.8 Å². The van der Waals surface area contributed by atoms with Gasteiger partial charge in [-0.15, -0.1) is 0 Å². The molecule has 7 heteroatoms. The van der Waals surface area contributed by atoms with Crippen molar-refractivity contribution in [1.82, 2.24) is 5.32 Å². The van der Waals surface area contributed by atoms with Crippen molar-refractivity contribution in [1.29, 1.82) is 0 Å². The maximum atomic E-state index is 12.0. The number of alkyl halides is 2. The average Bonchev–Trinajstić information content (AvgIpc) is 2.78. The number of rotatable bonds is 10. The summed E-state index contributed by atoms with van der Waals surface area (Å²) in [6.45, 7) is 1.31. The number of primary amides is 1. The molecule has 1 heterocycles. The highest BCUT2D eigenvalue weighted by Crippen LogP contribution is 2.21. The summed E-state index contributed by atoms with van der Waals surface area (Å²) in [5.41, 5.74) is 5.02. The van der Waals surface area contributed by atoms with Crippen LogP contribution in [0.2, 0.25) is 0 Å². The van der Waals surface area contributed by atoms with Gasteiger partial charge in [0.2, 0.25) is 5.91 Å².